The molecule has 1 aliphatic rings. The standard InChI is InChI=1S/C20H19ClN2O5/c1-27-18(24)10-22-19(25)12-3-2-4-16(9-12)23-20(26)14-7-13-8-15(21)5-6-17(13)28-11-14/h2-6,8-9,14H,7,10-11H2,1H3,(H,22,25)(H,23,26). The molecule has 146 valence electrons. The molecule has 1 unspecified atom stereocenters. The highest BCUT2D eigenvalue weighted by atomic mass is 35.5. The maximum atomic E-state index is 12.6. The molecule has 0 bridgehead atoms. The first-order valence-electron chi connectivity index (χ1n) is 8.63. The SMILES string of the molecule is COC(=O)CNC(=O)c1cccc(NC(=O)C2COc3ccc(Cl)cc3C2)c1. The molecule has 0 aromatic heterocycles. The highest BCUT2D eigenvalue weighted by Gasteiger charge is 2.26. The van der Waals surface area contributed by atoms with Gasteiger partial charge in [0.1, 0.15) is 18.9 Å². The number of methoxy groups -OCH3 is 1. The molecular weight excluding hydrogens is 384 g/mol. The van der Waals surface area contributed by atoms with Crippen LogP contribution in [0.4, 0.5) is 5.69 Å². The second kappa shape index (κ2) is 8.75. The van der Waals surface area contributed by atoms with Gasteiger partial charge in [-0.05, 0) is 48.4 Å². The number of fused-ring (bicyclic) bond motifs is 1. The Morgan fingerprint density at radius 2 is 2.04 bits per heavy atom. The molecule has 1 heterocycles. The number of nitrogens with one attached hydrogen (secondary N) is 2. The van der Waals surface area contributed by atoms with Gasteiger partial charge in [-0.3, -0.25) is 14.4 Å². The topological polar surface area (TPSA) is 93.7 Å². The molecule has 0 saturated heterocycles. The second-order valence-corrected chi connectivity index (χ2v) is 6.73. The zero-order chi connectivity index (χ0) is 20.1. The van der Waals surface area contributed by atoms with Gasteiger partial charge in [-0.25, -0.2) is 0 Å². The number of esters is 1. The van der Waals surface area contributed by atoms with Crippen LogP contribution in [0, 0.1) is 5.92 Å². The van der Waals surface area contributed by atoms with E-state index < -0.39 is 11.9 Å². The Balaban J connectivity index is 1.63. The summed E-state index contributed by atoms with van der Waals surface area (Å²) in [7, 11) is 1.24. The average Bonchev–Trinajstić information content (AvgIpc) is 2.71. The Morgan fingerprint density at radius 1 is 1.21 bits per heavy atom. The summed E-state index contributed by atoms with van der Waals surface area (Å²) in [4.78, 5) is 35.9. The van der Waals surface area contributed by atoms with Gasteiger partial charge < -0.3 is 20.1 Å². The first kappa shape index (κ1) is 19.7. The monoisotopic (exact) mass is 402 g/mol. The van der Waals surface area contributed by atoms with E-state index in [-0.39, 0.29) is 25.0 Å². The van der Waals surface area contributed by atoms with Crippen molar-refractivity contribution < 1.29 is 23.9 Å². The molecule has 3 rings (SSSR count). The molecule has 8 heteroatoms. The van der Waals surface area contributed by atoms with Crippen LogP contribution in [-0.2, 0) is 20.7 Å². The predicted molar refractivity (Wildman–Crippen MR) is 104 cm³/mol. The van der Waals surface area contributed by atoms with Crippen molar-refractivity contribution in [2.75, 3.05) is 25.6 Å². The summed E-state index contributed by atoms with van der Waals surface area (Å²) in [6, 6.07) is 11.8. The second-order valence-electron chi connectivity index (χ2n) is 6.29. The lowest BCUT2D eigenvalue weighted by Crippen LogP contribution is -2.33. The van der Waals surface area contributed by atoms with Crippen LogP contribution in [-0.4, -0.2) is 38.0 Å². The Labute approximate surface area is 167 Å². The first-order chi connectivity index (χ1) is 13.5. The van der Waals surface area contributed by atoms with Crippen LogP contribution in [0.15, 0.2) is 42.5 Å². The Morgan fingerprint density at radius 3 is 2.82 bits per heavy atom. The molecule has 0 fully saturated rings. The summed E-state index contributed by atoms with van der Waals surface area (Å²) in [5.41, 5.74) is 1.68. The fourth-order valence-corrected chi connectivity index (χ4v) is 3.04. The molecule has 1 aliphatic heterocycles. The minimum atomic E-state index is -0.546. The summed E-state index contributed by atoms with van der Waals surface area (Å²) in [6.45, 7) is 0.0348. The largest absolute Gasteiger partial charge is 0.492 e. The van der Waals surface area contributed by atoms with Gasteiger partial charge >= 0.3 is 5.97 Å². The predicted octanol–water partition coefficient (Wildman–Crippen LogP) is 2.43. The van der Waals surface area contributed by atoms with Crippen LogP contribution in [0.1, 0.15) is 15.9 Å². The van der Waals surface area contributed by atoms with Gasteiger partial charge in [0.15, 0.2) is 0 Å². The first-order valence-corrected chi connectivity index (χ1v) is 9.01. The number of hydrogen-bond acceptors (Lipinski definition) is 5. The zero-order valence-corrected chi connectivity index (χ0v) is 15.9. The van der Waals surface area contributed by atoms with E-state index in [1.807, 2.05) is 0 Å². The maximum absolute atomic E-state index is 12.6. The third-order valence-electron chi connectivity index (χ3n) is 4.31. The zero-order valence-electron chi connectivity index (χ0n) is 15.2. The van der Waals surface area contributed by atoms with E-state index in [1.54, 1.807) is 42.5 Å². The number of halogens is 1. The molecule has 2 aromatic rings. The fraction of sp³-hybridized carbons (Fsp3) is 0.250. The van der Waals surface area contributed by atoms with Gasteiger partial charge in [-0.1, -0.05) is 17.7 Å². The minimum absolute atomic E-state index is 0.210. The number of amides is 2. The molecule has 2 amide bonds. The van der Waals surface area contributed by atoms with Crippen molar-refractivity contribution in [3.63, 3.8) is 0 Å². The van der Waals surface area contributed by atoms with Crippen molar-refractivity contribution in [3.8, 4) is 5.75 Å². The van der Waals surface area contributed by atoms with Crippen LogP contribution in [0.5, 0.6) is 5.75 Å². The molecule has 7 nitrogen and oxygen atoms in total. The number of hydrogen-bond donors (Lipinski definition) is 2. The van der Waals surface area contributed by atoms with Crippen LogP contribution < -0.4 is 15.4 Å². The number of rotatable bonds is 5. The molecule has 2 N–H and O–H groups in total. The smallest absolute Gasteiger partial charge is 0.325 e. The molecule has 0 radical (unpaired) electrons. The fourth-order valence-electron chi connectivity index (χ4n) is 2.84. The van der Waals surface area contributed by atoms with E-state index in [4.69, 9.17) is 16.3 Å². The molecule has 2 aromatic carbocycles. The van der Waals surface area contributed by atoms with Crippen LogP contribution in [0.25, 0.3) is 0 Å². The average molecular weight is 403 g/mol. The van der Waals surface area contributed by atoms with E-state index >= 15 is 0 Å². The van der Waals surface area contributed by atoms with Gasteiger partial charge in [0.2, 0.25) is 5.91 Å². The summed E-state index contributed by atoms with van der Waals surface area (Å²) >= 11 is 6.01. The minimum Gasteiger partial charge on any atom is -0.492 e. The lowest BCUT2D eigenvalue weighted by atomic mass is 9.96. The van der Waals surface area contributed by atoms with Crippen molar-refractivity contribution in [2.24, 2.45) is 5.92 Å². The number of ether oxygens (including phenoxy) is 2. The Bertz CT molecular complexity index is 915. The lowest BCUT2D eigenvalue weighted by molar-refractivity contribution is -0.139. The summed E-state index contributed by atoms with van der Waals surface area (Å²) < 4.78 is 10.1. The summed E-state index contributed by atoms with van der Waals surface area (Å²) in [5.74, 6) is -0.834. The van der Waals surface area contributed by atoms with Crippen molar-refractivity contribution in [3.05, 3.63) is 58.6 Å². The Hall–Kier alpha value is -3.06. The molecule has 0 saturated carbocycles. The maximum Gasteiger partial charge on any atom is 0.325 e. The van der Waals surface area contributed by atoms with E-state index in [2.05, 4.69) is 15.4 Å². The summed E-state index contributed by atoms with van der Waals surface area (Å²) in [5, 5.41) is 5.85. The van der Waals surface area contributed by atoms with Gasteiger partial charge in [0.25, 0.3) is 5.91 Å². The van der Waals surface area contributed by atoms with Crippen molar-refractivity contribution in [1.82, 2.24) is 5.32 Å². The highest BCUT2D eigenvalue weighted by Crippen LogP contribution is 2.30. The van der Waals surface area contributed by atoms with Gasteiger partial charge in [0, 0.05) is 16.3 Å². The van der Waals surface area contributed by atoms with Gasteiger partial charge in [0.05, 0.1) is 13.0 Å². The quantitative estimate of drug-likeness (QED) is 0.749. The molecule has 28 heavy (non-hydrogen) atoms. The van der Waals surface area contributed by atoms with Crippen LogP contribution in [0.2, 0.25) is 5.02 Å². The van der Waals surface area contributed by atoms with Gasteiger partial charge in [-0.2, -0.15) is 0 Å². The Kier molecular flexibility index (Phi) is 6.16. The third kappa shape index (κ3) is 4.80. The molecule has 0 spiro atoms. The lowest BCUT2D eigenvalue weighted by Gasteiger charge is -2.24. The van der Waals surface area contributed by atoms with E-state index in [0.717, 1.165) is 11.3 Å². The van der Waals surface area contributed by atoms with E-state index in [0.29, 0.717) is 22.7 Å². The number of carbonyl (C=O) groups is 3. The normalized spacial score (nSPS) is 15.0. The highest BCUT2D eigenvalue weighted by molar-refractivity contribution is 6.30. The summed E-state index contributed by atoms with van der Waals surface area (Å²) in [6.07, 6.45) is 0.515. The van der Waals surface area contributed by atoms with Crippen molar-refractivity contribution in [2.45, 2.75) is 6.42 Å². The van der Waals surface area contributed by atoms with E-state index in [9.17, 15) is 14.4 Å². The van der Waals surface area contributed by atoms with E-state index in [1.165, 1.54) is 7.11 Å². The number of carbonyl (C=O) groups excluding carboxylic acids is 3. The van der Waals surface area contributed by atoms with Crippen molar-refractivity contribution in [1.29, 1.82) is 0 Å². The van der Waals surface area contributed by atoms with Crippen LogP contribution in [0.3, 0.4) is 0 Å². The number of anilines is 1. The van der Waals surface area contributed by atoms with Crippen LogP contribution >= 0.6 is 11.6 Å². The molecule has 1 atom stereocenters. The molecule has 0 aliphatic carbocycles. The van der Waals surface area contributed by atoms with Crippen molar-refractivity contribution >= 4 is 35.1 Å². The third-order valence-corrected chi connectivity index (χ3v) is 4.55. The van der Waals surface area contributed by atoms with Gasteiger partial charge in [-0.15, -0.1) is 0 Å². The molecular formula is C20H19ClN2O5. The number of benzene rings is 2.